The number of rotatable bonds is 3. The topological polar surface area (TPSA) is 53.4 Å². The zero-order chi connectivity index (χ0) is 14.8. The molecular weight excluding hydrogens is 304 g/mol. The summed E-state index contributed by atoms with van der Waals surface area (Å²) in [6, 6.07) is 9.76. The first kappa shape index (κ1) is 14.6. The van der Waals surface area contributed by atoms with Crippen molar-refractivity contribution in [3.8, 4) is 11.3 Å². The predicted octanol–water partition coefficient (Wildman–Crippen LogP) is 3.23. The van der Waals surface area contributed by atoms with Crippen molar-refractivity contribution >= 4 is 29.1 Å². The monoisotopic (exact) mass is 320 g/mol. The lowest BCUT2D eigenvalue weighted by molar-refractivity contribution is 0.0702. The van der Waals surface area contributed by atoms with Gasteiger partial charge in [0.2, 0.25) is 0 Å². The summed E-state index contributed by atoms with van der Waals surface area (Å²) in [5, 5.41) is 10.4. The van der Waals surface area contributed by atoms with Gasteiger partial charge in [-0.3, -0.25) is 4.90 Å². The summed E-state index contributed by atoms with van der Waals surface area (Å²) in [5.74, 6) is 1.19. The Bertz CT molecular complexity index is 642. The molecule has 1 aromatic carbocycles. The van der Waals surface area contributed by atoms with E-state index >= 15 is 0 Å². The number of carboxylic acids is 1. The van der Waals surface area contributed by atoms with E-state index in [1.807, 2.05) is 42.1 Å². The highest BCUT2D eigenvalue weighted by molar-refractivity contribution is 7.99. The van der Waals surface area contributed by atoms with E-state index < -0.39 is 5.97 Å². The fraction of sp³-hybridized carbons (Fsp3) is 0.333. The van der Waals surface area contributed by atoms with E-state index in [1.165, 1.54) is 11.3 Å². The van der Waals surface area contributed by atoms with Crippen molar-refractivity contribution in [3.63, 3.8) is 0 Å². The van der Waals surface area contributed by atoms with Crippen LogP contribution in [-0.2, 0) is 0 Å². The largest absolute Gasteiger partial charge is 0.477 e. The van der Waals surface area contributed by atoms with Gasteiger partial charge in [0.15, 0.2) is 0 Å². The summed E-state index contributed by atoms with van der Waals surface area (Å²) in [4.78, 5) is 18.8. The van der Waals surface area contributed by atoms with Crippen LogP contribution in [0.15, 0.2) is 30.3 Å². The van der Waals surface area contributed by atoms with Gasteiger partial charge in [-0.1, -0.05) is 30.3 Å². The van der Waals surface area contributed by atoms with Gasteiger partial charge in [0.1, 0.15) is 9.88 Å². The Morgan fingerprint density at radius 2 is 2.14 bits per heavy atom. The molecule has 2 heterocycles. The molecule has 0 amide bonds. The first-order valence-electron chi connectivity index (χ1n) is 6.74. The zero-order valence-electron chi connectivity index (χ0n) is 11.7. The van der Waals surface area contributed by atoms with Crippen molar-refractivity contribution in [2.45, 2.75) is 6.04 Å². The second-order valence-electron chi connectivity index (χ2n) is 4.97. The molecule has 0 aliphatic carbocycles. The minimum Gasteiger partial charge on any atom is -0.477 e. The molecule has 1 aromatic heterocycles. The predicted molar refractivity (Wildman–Crippen MR) is 87.2 cm³/mol. The Labute approximate surface area is 131 Å². The lowest BCUT2D eigenvalue weighted by Crippen LogP contribution is -2.32. The Morgan fingerprint density at radius 1 is 1.38 bits per heavy atom. The van der Waals surface area contributed by atoms with Crippen molar-refractivity contribution < 1.29 is 9.90 Å². The van der Waals surface area contributed by atoms with Crippen molar-refractivity contribution in [2.75, 3.05) is 25.1 Å². The highest BCUT2D eigenvalue weighted by Gasteiger charge is 2.27. The number of thiazole rings is 1. The maximum Gasteiger partial charge on any atom is 0.348 e. The van der Waals surface area contributed by atoms with Gasteiger partial charge < -0.3 is 5.11 Å². The second-order valence-corrected chi connectivity index (χ2v) is 7.15. The van der Waals surface area contributed by atoms with E-state index in [0.717, 1.165) is 28.6 Å². The fourth-order valence-electron chi connectivity index (χ4n) is 2.36. The third kappa shape index (κ3) is 2.97. The molecular formula is C15H16N2O2S2. The summed E-state index contributed by atoms with van der Waals surface area (Å²) in [7, 11) is 2.08. The van der Waals surface area contributed by atoms with Crippen LogP contribution >= 0.6 is 23.1 Å². The van der Waals surface area contributed by atoms with Crippen LogP contribution in [-0.4, -0.2) is 46.1 Å². The number of benzene rings is 1. The van der Waals surface area contributed by atoms with Gasteiger partial charge >= 0.3 is 5.97 Å². The van der Waals surface area contributed by atoms with Crippen LogP contribution in [0.4, 0.5) is 0 Å². The Morgan fingerprint density at radius 3 is 2.81 bits per heavy atom. The number of hydrogen-bond donors (Lipinski definition) is 1. The van der Waals surface area contributed by atoms with Gasteiger partial charge in [0.05, 0.1) is 11.7 Å². The molecule has 4 nitrogen and oxygen atoms in total. The summed E-state index contributed by atoms with van der Waals surface area (Å²) >= 11 is 3.21. The number of thioether (sulfide) groups is 1. The average Bonchev–Trinajstić information content (AvgIpc) is 2.94. The molecule has 1 atom stereocenters. The molecule has 1 aliphatic heterocycles. The SMILES string of the molecule is CN1CCSCC1c1nc(-c2ccccc2)c(C(=O)O)s1. The smallest absolute Gasteiger partial charge is 0.348 e. The number of nitrogens with zero attached hydrogens (tertiary/aromatic N) is 2. The normalized spacial score (nSPS) is 19.6. The van der Waals surface area contributed by atoms with Crippen molar-refractivity contribution in [1.82, 2.24) is 9.88 Å². The molecule has 110 valence electrons. The molecule has 0 bridgehead atoms. The van der Waals surface area contributed by atoms with Crippen LogP contribution in [0.3, 0.4) is 0 Å². The van der Waals surface area contributed by atoms with Gasteiger partial charge in [0.25, 0.3) is 0 Å². The van der Waals surface area contributed by atoms with E-state index in [1.54, 1.807) is 0 Å². The van der Waals surface area contributed by atoms with Crippen molar-refractivity contribution in [3.05, 3.63) is 40.2 Å². The third-order valence-corrected chi connectivity index (χ3v) is 5.73. The molecule has 2 aromatic rings. The average molecular weight is 320 g/mol. The van der Waals surface area contributed by atoms with Crippen LogP contribution < -0.4 is 0 Å². The minimum absolute atomic E-state index is 0.212. The van der Waals surface area contributed by atoms with Gasteiger partial charge in [-0.05, 0) is 7.05 Å². The number of hydrogen-bond acceptors (Lipinski definition) is 5. The molecule has 0 radical (unpaired) electrons. The van der Waals surface area contributed by atoms with Crippen LogP contribution in [0.2, 0.25) is 0 Å². The van der Waals surface area contributed by atoms with E-state index in [9.17, 15) is 9.90 Å². The number of carbonyl (C=O) groups is 1. The lowest BCUT2D eigenvalue weighted by Gasteiger charge is -2.30. The first-order valence-corrected chi connectivity index (χ1v) is 8.71. The second kappa shape index (κ2) is 6.17. The van der Waals surface area contributed by atoms with Gasteiger partial charge in [-0.25, -0.2) is 9.78 Å². The number of carboxylic acid groups (broad SMARTS) is 1. The Kier molecular flexibility index (Phi) is 4.28. The lowest BCUT2D eigenvalue weighted by atomic mass is 10.1. The molecule has 1 N–H and O–H groups in total. The molecule has 3 rings (SSSR count). The Hall–Kier alpha value is -1.37. The highest BCUT2D eigenvalue weighted by Crippen LogP contribution is 2.35. The summed E-state index contributed by atoms with van der Waals surface area (Å²) in [6.07, 6.45) is 0. The van der Waals surface area contributed by atoms with Crippen molar-refractivity contribution in [1.29, 1.82) is 0 Å². The molecule has 1 saturated heterocycles. The third-order valence-electron chi connectivity index (χ3n) is 3.57. The van der Waals surface area contributed by atoms with Crippen LogP contribution in [0.25, 0.3) is 11.3 Å². The molecule has 1 aliphatic rings. The molecule has 1 fully saturated rings. The number of aromatic carboxylic acids is 1. The quantitative estimate of drug-likeness (QED) is 0.941. The molecule has 1 unspecified atom stereocenters. The molecule has 21 heavy (non-hydrogen) atoms. The highest BCUT2D eigenvalue weighted by atomic mass is 32.2. The Balaban J connectivity index is 2.02. The van der Waals surface area contributed by atoms with Gasteiger partial charge in [0, 0.05) is 23.6 Å². The van der Waals surface area contributed by atoms with E-state index in [2.05, 4.69) is 16.9 Å². The van der Waals surface area contributed by atoms with E-state index in [-0.39, 0.29) is 6.04 Å². The summed E-state index contributed by atoms with van der Waals surface area (Å²) in [6.45, 7) is 1.01. The maximum absolute atomic E-state index is 11.5. The van der Waals surface area contributed by atoms with E-state index in [0.29, 0.717) is 10.6 Å². The van der Waals surface area contributed by atoms with Gasteiger partial charge in [-0.15, -0.1) is 11.3 Å². The van der Waals surface area contributed by atoms with Crippen LogP contribution in [0, 0.1) is 0 Å². The maximum atomic E-state index is 11.5. The van der Waals surface area contributed by atoms with Crippen molar-refractivity contribution in [2.24, 2.45) is 0 Å². The summed E-state index contributed by atoms with van der Waals surface area (Å²) in [5.41, 5.74) is 1.45. The molecule has 0 saturated carbocycles. The van der Waals surface area contributed by atoms with Crippen LogP contribution in [0.5, 0.6) is 0 Å². The van der Waals surface area contributed by atoms with Gasteiger partial charge in [-0.2, -0.15) is 11.8 Å². The number of aromatic nitrogens is 1. The van der Waals surface area contributed by atoms with E-state index in [4.69, 9.17) is 0 Å². The minimum atomic E-state index is -0.899. The first-order chi connectivity index (χ1) is 10.2. The van der Waals surface area contributed by atoms with Crippen LogP contribution in [0.1, 0.15) is 20.7 Å². The summed E-state index contributed by atoms with van der Waals surface area (Å²) < 4.78 is 0. The standard InChI is InChI=1S/C15H16N2O2S2/c1-17-7-8-20-9-11(17)14-16-12(13(21-14)15(18)19)10-5-3-2-4-6-10/h2-6,11H,7-9H2,1H3,(H,18,19). The zero-order valence-corrected chi connectivity index (χ0v) is 13.3. The molecule has 6 heteroatoms. The fourth-order valence-corrected chi connectivity index (χ4v) is 4.78. The molecule has 0 spiro atoms.